The molecule has 0 unspecified atom stereocenters. The predicted octanol–water partition coefficient (Wildman–Crippen LogP) is 3.26. The van der Waals surface area contributed by atoms with Crippen LogP contribution in [0.2, 0.25) is 0 Å². The lowest BCUT2D eigenvalue weighted by Crippen LogP contribution is -2.41. The van der Waals surface area contributed by atoms with Crippen molar-refractivity contribution in [2.24, 2.45) is 0 Å². The fourth-order valence-electron chi connectivity index (χ4n) is 1.95. The molecule has 0 aliphatic heterocycles. The molecule has 0 fully saturated rings. The van der Waals surface area contributed by atoms with E-state index in [2.05, 4.69) is 18.7 Å². The van der Waals surface area contributed by atoms with Gasteiger partial charge in [-0.05, 0) is 40.1 Å². The van der Waals surface area contributed by atoms with Crippen LogP contribution in [-0.4, -0.2) is 29.1 Å². The summed E-state index contributed by atoms with van der Waals surface area (Å²) < 4.78 is 28.8. The third-order valence-electron chi connectivity index (χ3n) is 3.55. The summed E-state index contributed by atoms with van der Waals surface area (Å²) in [5.74, 6) is -1.05. The van der Waals surface area contributed by atoms with Gasteiger partial charge in [-0.15, -0.1) is 0 Å². The van der Waals surface area contributed by atoms with Gasteiger partial charge in [0.2, 0.25) is 0 Å². The number of nitrogens with zero attached hydrogens (tertiary/aromatic N) is 2. The lowest BCUT2D eigenvalue weighted by Gasteiger charge is -2.33. The molecule has 0 spiro atoms. The van der Waals surface area contributed by atoms with Crippen LogP contribution in [0.15, 0.2) is 24.4 Å². The van der Waals surface area contributed by atoms with Crippen molar-refractivity contribution in [3.63, 3.8) is 0 Å². The molecule has 0 aliphatic rings. The Kier molecular flexibility index (Phi) is 3.15. The molecule has 98 valence electrons. The Morgan fingerprint density at radius 2 is 1.89 bits per heavy atom. The topological polar surface area (TPSA) is 8.17 Å². The van der Waals surface area contributed by atoms with Crippen molar-refractivity contribution in [2.45, 2.75) is 25.9 Å². The highest BCUT2D eigenvalue weighted by molar-refractivity contribution is 5.80. The van der Waals surface area contributed by atoms with Crippen molar-refractivity contribution < 1.29 is 8.78 Å². The maximum atomic E-state index is 13.8. The van der Waals surface area contributed by atoms with E-state index in [1.165, 1.54) is 6.07 Å². The third kappa shape index (κ3) is 2.25. The van der Waals surface area contributed by atoms with Gasteiger partial charge in [0, 0.05) is 29.7 Å². The van der Waals surface area contributed by atoms with E-state index in [0.717, 1.165) is 6.07 Å². The average molecular weight is 252 g/mol. The van der Waals surface area contributed by atoms with Gasteiger partial charge >= 0.3 is 0 Å². The largest absolute Gasteiger partial charge is 0.343 e. The summed E-state index contributed by atoms with van der Waals surface area (Å²) >= 11 is 0. The van der Waals surface area contributed by atoms with Crippen LogP contribution in [0.25, 0.3) is 10.9 Å². The molecule has 0 saturated carbocycles. The molecule has 0 amide bonds. The van der Waals surface area contributed by atoms with E-state index >= 15 is 0 Å². The summed E-state index contributed by atoms with van der Waals surface area (Å²) in [4.78, 5) is 2.08. The molecule has 0 atom stereocenters. The summed E-state index contributed by atoms with van der Waals surface area (Å²) in [6, 6.07) is 4.03. The Hall–Kier alpha value is -1.42. The molecule has 4 heteroatoms. The summed E-state index contributed by atoms with van der Waals surface area (Å²) in [6.07, 6.45) is 1.80. The molecule has 0 N–H and O–H groups in total. The van der Waals surface area contributed by atoms with Gasteiger partial charge in [-0.3, -0.25) is 0 Å². The van der Waals surface area contributed by atoms with Crippen molar-refractivity contribution in [1.29, 1.82) is 0 Å². The summed E-state index contributed by atoms with van der Waals surface area (Å²) in [7, 11) is 3.98. The molecule has 2 nitrogen and oxygen atoms in total. The normalized spacial score (nSPS) is 12.6. The minimum absolute atomic E-state index is 0.104. The van der Waals surface area contributed by atoms with E-state index in [9.17, 15) is 8.78 Å². The molecule has 1 aromatic carbocycles. The lowest BCUT2D eigenvalue weighted by molar-refractivity contribution is 0.171. The fourth-order valence-corrected chi connectivity index (χ4v) is 1.95. The SMILES string of the molecule is CN(C)C(C)(C)Cn1ccc2cc(F)cc(F)c21. The van der Waals surface area contributed by atoms with E-state index < -0.39 is 11.6 Å². The summed E-state index contributed by atoms with van der Waals surface area (Å²) in [5.41, 5.74) is 0.360. The van der Waals surface area contributed by atoms with Gasteiger partial charge in [0.1, 0.15) is 11.6 Å². The number of hydrogen-bond donors (Lipinski definition) is 0. The lowest BCUT2D eigenvalue weighted by atomic mass is 10.0. The fraction of sp³-hybridized carbons (Fsp3) is 0.429. The molecule has 2 aromatic rings. The van der Waals surface area contributed by atoms with Crippen molar-refractivity contribution >= 4 is 10.9 Å². The first-order valence-electron chi connectivity index (χ1n) is 5.92. The van der Waals surface area contributed by atoms with Crippen LogP contribution >= 0.6 is 0 Å². The van der Waals surface area contributed by atoms with Crippen LogP contribution in [0.5, 0.6) is 0 Å². The van der Waals surface area contributed by atoms with Crippen LogP contribution in [0.4, 0.5) is 8.78 Å². The van der Waals surface area contributed by atoms with Crippen LogP contribution in [-0.2, 0) is 6.54 Å². The third-order valence-corrected chi connectivity index (χ3v) is 3.55. The Morgan fingerprint density at radius 3 is 2.50 bits per heavy atom. The molecule has 0 radical (unpaired) electrons. The summed E-state index contributed by atoms with van der Waals surface area (Å²) in [6.45, 7) is 4.81. The molecule has 1 heterocycles. The second-order valence-electron chi connectivity index (χ2n) is 5.48. The zero-order valence-electron chi connectivity index (χ0n) is 11.2. The summed E-state index contributed by atoms with van der Waals surface area (Å²) in [5, 5.41) is 0.599. The number of benzene rings is 1. The minimum Gasteiger partial charge on any atom is -0.343 e. The van der Waals surface area contributed by atoms with Gasteiger partial charge in [-0.25, -0.2) is 8.78 Å². The Morgan fingerprint density at radius 1 is 1.22 bits per heavy atom. The van der Waals surface area contributed by atoms with Crippen molar-refractivity contribution in [3.8, 4) is 0 Å². The van der Waals surface area contributed by atoms with E-state index in [-0.39, 0.29) is 5.54 Å². The first kappa shape index (κ1) is 13.0. The molecule has 0 aliphatic carbocycles. The Bertz CT molecular complexity index is 570. The number of rotatable bonds is 3. The standard InChI is InChI=1S/C14H18F2N2/c1-14(2,17(3)4)9-18-6-5-10-7-11(15)8-12(16)13(10)18/h5-8H,9H2,1-4H3. The van der Waals surface area contributed by atoms with Gasteiger partial charge in [0.15, 0.2) is 0 Å². The highest BCUT2D eigenvalue weighted by Gasteiger charge is 2.22. The predicted molar refractivity (Wildman–Crippen MR) is 69.6 cm³/mol. The molecular formula is C14H18F2N2. The first-order chi connectivity index (χ1) is 8.31. The number of fused-ring (bicyclic) bond motifs is 1. The average Bonchev–Trinajstić information content (AvgIpc) is 2.60. The second kappa shape index (κ2) is 4.35. The first-order valence-corrected chi connectivity index (χ1v) is 5.92. The Labute approximate surface area is 106 Å². The van der Waals surface area contributed by atoms with Gasteiger partial charge < -0.3 is 9.47 Å². The molecular weight excluding hydrogens is 234 g/mol. The van der Waals surface area contributed by atoms with Crippen LogP contribution in [0.1, 0.15) is 13.8 Å². The minimum atomic E-state index is -0.537. The molecule has 2 rings (SSSR count). The molecule has 0 bridgehead atoms. The maximum Gasteiger partial charge on any atom is 0.150 e. The maximum absolute atomic E-state index is 13.8. The Balaban J connectivity index is 2.47. The van der Waals surface area contributed by atoms with E-state index in [1.807, 2.05) is 18.7 Å². The highest BCUT2D eigenvalue weighted by atomic mass is 19.1. The van der Waals surface area contributed by atoms with E-state index in [0.29, 0.717) is 17.4 Å². The van der Waals surface area contributed by atoms with Gasteiger partial charge in [-0.2, -0.15) is 0 Å². The zero-order valence-corrected chi connectivity index (χ0v) is 11.2. The van der Waals surface area contributed by atoms with Crippen molar-refractivity contribution in [3.05, 3.63) is 36.0 Å². The van der Waals surface area contributed by atoms with Crippen LogP contribution in [0, 0.1) is 11.6 Å². The van der Waals surface area contributed by atoms with Crippen LogP contribution < -0.4 is 0 Å². The number of halogens is 2. The molecule has 1 aromatic heterocycles. The van der Waals surface area contributed by atoms with Crippen molar-refractivity contribution in [2.75, 3.05) is 14.1 Å². The quantitative estimate of drug-likeness (QED) is 0.814. The van der Waals surface area contributed by atoms with Gasteiger partial charge in [0.05, 0.1) is 5.52 Å². The van der Waals surface area contributed by atoms with E-state index in [1.54, 1.807) is 12.3 Å². The molecule has 18 heavy (non-hydrogen) atoms. The monoisotopic (exact) mass is 252 g/mol. The van der Waals surface area contributed by atoms with Crippen LogP contribution in [0.3, 0.4) is 0 Å². The number of likely N-dealkylation sites (N-methyl/N-ethyl adjacent to an activating group) is 1. The number of aromatic nitrogens is 1. The zero-order chi connectivity index (χ0) is 13.5. The highest BCUT2D eigenvalue weighted by Crippen LogP contribution is 2.24. The number of hydrogen-bond acceptors (Lipinski definition) is 1. The van der Waals surface area contributed by atoms with Gasteiger partial charge in [0.25, 0.3) is 0 Å². The van der Waals surface area contributed by atoms with Gasteiger partial charge in [-0.1, -0.05) is 0 Å². The molecule has 0 saturated heterocycles. The van der Waals surface area contributed by atoms with E-state index in [4.69, 9.17) is 0 Å². The second-order valence-corrected chi connectivity index (χ2v) is 5.48. The smallest absolute Gasteiger partial charge is 0.150 e. The van der Waals surface area contributed by atoms with Crippen molar-refractivity contribution in [1.82, 2.24) is 9.47 Å².